The molecule has 34 heavy (non-hydrogen) atoms. The SMILES string of the molecule is Cc1cccc(CCCN2CCN(C(=O)Oc3ccc(NC(=O)c4ccccc4)cc3)CC2)n1. The van der Waals surface area contributed by atoms with E-state index in [0.717, 1.165) is 43.9 Å². The van der Waals surface area contributed by atoms with Gasteiger partial charge < -0.3 is 15.0 Å². The third kappa shape index (κ3) is 6.65. The fourth-order valence-corrected chi connectivity index (χ4v) is 3.94. The number of piperazine rings is 1. The van der Waals surface area contributed by atoms with Crippen LogP contribution in [-0.4, -0.2) is 59.5 Å². The standard InChI is InChI=1S/C27H30N4O3/c1-21-7-5-10-23(28-21)11-6-16-30-17-19-31(20-18-30)27(33)34-25-14-12-24(13-15-25)29-26(32)22-8-3-2-4-9-22/h2-5,7-10,12-15H,6,11,16-20H2,1H3,(H,29,32). The first-order valence-corrected chi connectivity index (χ1v) is 11.6. The van der Waals surface area contributed by atoms with E-state index in [0.29, 0.717) is 30.1 Å². The number of pyridine rings is 1. The van der Waals surface area contributed by atoms with Crippen LogP contribution in [0.25, 0.3) is 0 Å². The number of benzene rings is 2. The van der Waals surface area contributed by atoms with Crippen LogP contribution in [0, 0.1) is 6.92 Å². The van der Waals surface area contributed by atoms with Gasteiger partial charge in [-0.2, -0.15) is 0 Å². The minimum absolute atomic E-state index is 0.182. The number of hydrogen-bond donors (Lipinski definition) is 1. The number of amides is 2. The normalized spacial score (nSPS) is 14.0. The van der Waals surface area contributed by atoms with Gasteiger partial charge in [-0.3, -0.25) is 14.7 Å². The first kappa shape index (κ1) is 23.4. The van der Waals surface area contributed by atoms with Crippen molar-refractivity contribution in [1.29, 1.82) is 0 Å². The number of carbonyl (C=O) groups is 2. The van der Waals surface area contributed by atoms with Gasteiger partial charge in [0.15, 0.2) is 0 Å². The van der Waals surface area contributed by atoms with Crippen molar-refractivity contribution in [3.63, 3.8) is 0 Å². The number of rotatable bonds is 7. The van der Waals surface area contributed by atoms with E-state index in [1.807, 2.05) is 31.2 Å². The van der Waals surface area contributed by atoms with E-state index in [2.05, 4.69) is 27.3 Å². The number of nitrogens with zero attached hydrogens (tertiary/aromatic N) is 3. The van der Waals surface area contributed by atoms with Gasteiger partial charge in [0.1, 0.15) is 5.75 Å². The van der Waals surface area contributed by atoms with Crippen molar-refractivity contribution < 1.29 is 14.3 Å². The fraction of sp³-hybridized carbons (Fsp3) is 0.296. The van der Waals surface area contributed by atoms with Crippen LogP contribution in [-0.2, 0) is 6.42 Å². The Hall–Kier alpha value is -3.71. The molecule has 0 unspecified atom stereocenters. The van der Waals surface area contributed by atoms with Gasteiger partial charge in [-0.15, -0.1) is 0 Å². The molecule has 0 saturated carbocycles. The van der Waals surface area contributed by atoms with Gasteiger partial charge in [-0.1, -0.05) is 24.3 Å². The summed E-state index contributed by atoms with van der Waals surface area (Å²) < 4.78 is 5.53. The molecular formula is C27H30N4O3. The molecule has 7 heteroatoms. The van der Waals surface area contributed by atoms with Crippen LogP contribution in [0.3, 0.4) is 0 Å². The van der Waals surface area contributed by atoms with Gasteiger partial charge in [0, 0.05) is 48.8 Å². The van der Waals surface area contributed by atoms with Crippen molar-refractivity contribution in [2.24, 2.45) is 0 Å². The van der Waals surface area contributed by atoms with Crippen LogP contribution < -0.4 is 10.1 Å². The van der Waals surface area contributed by atoms with Gasteiger partial charge in [0.2, 0.25) is 0 Å². The van der Waals surface area contributed by atoms with E-state index >= 15 is 0 Å². The lowest BCUT2D eigenvalue weighted by Gasteiger charge is -2.34. The number of aromatic nitrogens is 1. The van der Waals surface area contributed by atoms with Crippen molar-refractivity contribution >= 4 is 17.7 Å². The van der Waals surface area contributed by atoms with E-state index in [-0.39, 0.29) is 12.0 Å². The van der Waals surface area contributed by atoms with Crippen molar-refractivity contribution in [3.05, 3.63) is 89.7 Å². The molecule has 0 bridgehead atoms. The van der Waals surface area contributed by atoms with Crippen LogP contribution in [0.5, 0.6) is 5.75 Å². The second-order valence-corrected chi connectivity index (χ2v) is 8.42. The monoisotopic (exact) mass is 458 g/mol. The number of ether oxygens (including phenoxy) is 1. The first-order valence-electron chi connectivity index (χ1n) is 11.6. The maximum absolute atomic E-state index is 12.6. The quantitative estimate of drug-likeness (QED) is 0.568. The molecule has 2 aromatic carbocycles. The van der Waals surface area contributed by atoms with Crippen molar-refractivity contribution in [1.82, 2.24) is 14.8 Å². The summed E-state index contributed by atoms with van der Waals surface area (Å²) >= 11 is 0. The molecule has 2 amide bonds. The zero-order valence-electron chi connectivity index (χ0n) is 19.4. The predicted molar refractivity (Wildman–Crippen MR) is 132 cm³/mol. The summed E-state index contributed by atoms with van der Waals surface area (Å²) in [7, 11) is 0. The maximum Gasteiger partial charge on any atom is 0.415 e. The Morgan fingerprint density at radius 1 is 0.912 bits per heavy atom. The second kappa shape index (κ2) is 11.4. The van der Waals surface area contributed by atoms with Crippen LogP contribution in [0.2, 0.25) is 0 Å². The van der Waals surface area contributed by atoms with Gasteiger partial charge >= 0.3 is 6.09 Å². The minimum Gasteiger partial charge on any atom is -0.410 e. The van der Waals surface area contributed by atoms with E-state index < -0.39 is 0 Å². The molecular weight excluding hydrogens is 428 g/mol. The molecule has 3 aromatic rings. The molecule has 7 nitrogen and oxygen atoms in total. The average molecular weight is 459 g/mol. The second-order valence-electron chi connectivity index (χ2n) is 8.42. The summed E-state index contributed by atoms with van der Waals surface area (Å²) in [5.74, 6) is 0.272. The van der Waals surface area contributed by atoms with E-state index in [9.17, 15) is 9.59 Å². The Bertz CT molecular complexity index is 1090. The number of anilines is 1. The molecule has 1 N–H and O–H groups in total. The Balaban J connectivity index is 1.18. The van der Waals surface area contributed by atoms with Crippen molar-refractivity contribution in [3.8, 4) is 5.75 Å². The van der Waals surface area contributed by atoms with Crippen LogP contribution in [0.1, 0.15) is 28.2 Å². The molecule has 176 valence electrons. The molecule has 0 atom stereocenters. The number of carbonyl (C=O) groups excluding carboxylic acids is 2. The smallest absolute Gasteiger partial charge is 0.410 e. The van der Waals surface area contributed by atoms with Gasteiger partial charge in [0.25, 0.3) is 5.91 Å². The summed E-state index contributed by atoms with van der Waals surface area (Å²) in [6.45, 7) is 5.97. The van der Waals surface area contributed by atoms with Gasteiger partial charge in [0.05, 0.1) is 0 Å². The van der Waals surface area contributed by atoms with Gasteiger partial charge in [-0.05, 0) is 74.8 Å². The lowest BCUT2D eigenvalue weighted by atomic mass is 10.2. The van der Waals surface area contributed by atoms with E-state index in [4.69, 9.17) is 4.74 Å². The third-order valence-corrected chi connectivity index (χ3v) is 5.84. The molecule has 0 aliphatic carbocycles. The summed E-state index contributed by atoms with van der Waals surface area (Å²) in [6, 6.07) is 22.0. The largest absolute Gasteiger partial charge is 0.415 e. The first-order chi connectivity index (χ1) is 16.6. The Morgan fingerprint density at radius 3 is 2.35 bits per heavy atom. The fourth-order valence-electron chi connectivity index (χ4n) is 3.94. The van der Waals surface area contributed by atoms with Gasteiger partial charge in [-0.25, -0.2) is 4.79 Å². The zero-order valence-corrected chi connectivity index (χ0v) is 19.4. The molecule has 0 radical (unpaired) electrons. The Morgan fingerprint density at radius 2 is 1.65 bits per heavy atom. The molecule has 2 heterocycles. The molecule has 1 aromatic heterocycles. The Kier molecular flexibility index (Phi) is 7.88. The molecule has 0 spiro atoms. The molecule has 1 aliphatic heterocycles. The Labute approximate surface area is 200 Å². The summed E-state index contributed by atoms with van der Waals surface area (Å²) in [6.07, 6.45) is 1.67. The highest BCUT2D eigenvalue weighted by molar-refractivity contribution is 6.04. The zero-order chi connectivity index (χ0) is 23.8. The highest BCUT2D eigenvalue weighted by atomic mass is 16.6. The van der Waals surface area contributed by atoms with Crippen molar-refractivity contribution in [2.45, 2.75) is 19.8 Å². The number of aryl methyl sites for hydroxylation is 2. The van der Waals surface area contributed by atoms with E-state index in [1.54, 1.807) is 41.3 Å². The molecule has 1 saturated heterocycles. The van der Waals surface area contributed by atoms with Crippen LogP contribution >= 0.6 is 0 Å². The molecule has 1 aliphatic rings. The van der Waals surface area contributed by atoms with Crippen molar-refractivity contribution in [2.75, 3.05) is 38.0 Å². The van der Waals surface area contributed by atoms with Crippen LogP contribution in [0.15, 0.2) is 72.8 Å². The highest BCUT2D eigenvalue weighted by Crippen LogP contribution is 2.18. The lowest BCUT2D eigenvalue weighted by Crippen LogP contribution is -2.49. The average Bonchev–Trinajstić information content (AvgIpc) is 2.86. The molecule has 4 rings (SSSR count). The number of nitrogens with one attached hydrogen (secondary N) is 1. The topological polar surface area (TPSA) is 74.8 Å². The third-order valence-electron chi connectivity index (χ3n) is 5.84. The highest BCUT2D eigenvalue weighted by Gasteiger charge is 2.22. The summed E-state index contributed by atoms with van der Waals surface area (Å²) in [4.78, 5) is 33.5. The van der Waals surface area contributed by atoms with Crippen LogP contribution in [0.4, 0.5) is 10.5 Å². The molecule has 1 fully saturated rings. The number of hydrogen-bond acceptors (Lipinski definition) is 5. The predicted octanol–water partition coefficient (Wildman–Crippen LogP) is 4.39. The van der Waals surface area contributed by atoms with E-state index in [1.165, 1.54) is 0 Å². The maximum atomic E-state index is 12.6. The summed E-state index contributed by atoms with van der Waals surface area (Å²) in [5.41, 5.74) is 3.41. The minimum atomic E-state index is -0.343. The lowest BCUT2D eigenvalue weighted by molar-refractivity contribution is 0.102. The summed E-state index contributed by atoms with van der Waals surface area (Å²) in [5, 5.41) is 2.84.